The Morgan fingerprint density at radius 1 is 1.27 bits per heavy atom. The Hall–Kier alpha value is -2.52. The maximum Gasteiger partial charge on any atom is 0.193 e. The number of thioether (sulfide) groups is 1. The third-order valence-electron chi connectivity index (χ3n) is 4.17. The molecule has 7 nitrogen and oxygen atoms in total. The predicted molar refractivity (Wildman–Crippen MR) is 102 cm³/mol. The van der Waals surface area contributed by atoms with Crippen LogP contribution < -0.4 is 0 Å². The normalized spacial score (nSPS) is 11.3. The van der Waals surface area contributed by atoms with Crippen LogP contribution in [-0.4, -0.2) is 40.8 Å². The molecule has 0 aromatic carbocycles. The second kappa shape index (κ2) is 6.65. The van der Waals surface area contributed by atoms with Crippen molar-refractivity contribution in [3.63, 3.8) is 0 Å². The molecule has 4 rings (SSSR count). The number of fused-ring (bicyclic) bond motifs is 1. The Balaban J connectivity index is 1.58. The summed E-state index contributed by atoms with van der Waals surface area (Å²) in [5.74, 6) is 0.380. The highest BCUT2D eigenvalue weighted by Gasteiger charge is 2.19. The number of carbonyl (C=O) groups is 1. The van der Waals surface area contributed by atoms with Gasteiger partial charge in [0.15, 0.2) is 16.6 Å². The average Bonchev–Trinajstić information content (AvgIpc) is 3.34. The van der Waals surface area contributed by atoms with Crippen molar-refractivity contribution < 1.29 is 4.79 Å². The van der Waals surface area contributed by atoms with Crippen LogP contribution in [0.3, 0.4) is 0 Å². The summed E-state index contributed by atoms with van der Waals surface area (Å²) >= 11 is 2.96. The summed E-state index contributed by atoms with van der Waals surface area (Å²) in [7, 11) is 1.84. The zero-order valence-corrected chi connectivity index (χ0v) is 16.1. The minimum atomic E-state index is 0.0709. The van der Waals surface area contributed by atoms with Crippen molar-refractivity contribution in [1.82, 2.24) is 29.3 Å². The highest BCUT2D eigenvalue weighted by molar-refractivity contribution is 8.00. The smallest absolute Gasteiger partial charge is 0.193 e. The highest BCUT2D eigenvalue weighted by Crippen LogP contribution is 2.27. The van der Waals surface area contributed by atoms with E-state index in [0.29, 0.717) is 5.75 Å². The van der Waals surface area contributed by atoms with Crippen molar-refractivity contribution in [2.75, 3.05) is 5.75 Å². The van der Waals surface area contributed by atoms with Crippen LogP contribution in [0, 0.1) is 13.8 Å². The van der Waals surface area contributed by atoms with Gasteiger partial charge >= 0.3 is 0 Å². The molecule has 0 radical (unpaired) electrons. The van der Waals surface area contributed by atoms with Crippen molar-refractivity contribution in [1.29, 1.82) is 0 Å². The molecule has 0 fully saturated rings. The van der Waals surface area contributed by atoms with E-state index in [-0.39, 0.29) is 5.78 Å². The van der Waals surface area contributed by atoms with Crippen LogP contribution in [0.2, 0.25) is 0 Å². The molecule has 0 aliphatic carbocycles. The fraction of sp³-hybridized carbons (Fsp3) is 0.235. The number of aryl methyl sites for hydroxylation is 2. The molecule has 4 aromatic heterocycles. The molecule has 0 bridgehead atoms. The van der Waals surface area contributed by atoms with Crippen LogP contribution in [0.4, 0.5) is 0 Å². The number of ketones is 1. The molecule has 0 saturated carbocycles. The van der Waals surface area contributed by atoms with Crippen LogP contribution in [0.25, 0.3) is 16.2 Å². The summed E-state index contributed by atoms with van der Waals surface area (Å²) < 4.78 is 3.72. The van der Waals surface area contributed by atoms with E-state index in [0.717, 1.165) is 38.1 Å². The van der Waals surface area contributed by atoms with Gasteiger partial charge in [-0.2, -0.15) is 5.10 Å². The molecule has 0 saturated heterocycles. The molecule has 0 aliphatic heterocycles. The molecule has 0 unspecified atom stereocenters. The molecule has 0 amide bonds. The average molecular weight is 384 g/mol. The minimum Gasteiger partial charge on any atom is -0.294 e. The number of Topliss-reactive ketones (excluding diaryl/α,β-unsaturated/α-hetero) is 1. The maximum atomic E-state index is 12.8. The second-order valence-electron chi connectivity index (χ2n) is 5.83. The molecule has 4 aromatic rings. The van der Waals surface area contributed by atoms with E-state index in [1.807, 2.05) is 36.9 Å². The summed E-state index contributed by atoms with van der Waals surface area (Å²) in [5, 5.41) is 8.64. The predicted octanol–water partition coefficient (Wildman–Crippen LogP) is 3.20. The van der Waals surface area contributed by atoms with Crippen LogP contribution >= 0.6 is 23.1 Å². The fourth-order valence-corrected chi connectivity index (χ4v) is 4.53. The van der Waals surface area contributed by atoms with Gasteiger partial charge in [-0.15, -0.1) is 11.3 Å². The van der Waals surface area contributed by atoms with Gasteiger partial charge in [-0.05, 0) is 19.9 Å². The van der Waals surface area contributed by atoms with Gasteiger partial charge in [-0.3, -0.25) is 14.0 Å². The molecule has 26 heavy (non-hydrogen) atoms. The Bertz CT molecular complexity index is 1100. The molecular weight excluding hydrogens is 368 g/mol. The van der Waals surface area contributed by atoms with Crippen molar-refractivity contribution in [3.8, 4) is 5.13 Å². The molecule has 0 aliphatic rings. The first-order valence-electron chi connectivity index (χ1n) is 7.93. The largest absolute Gasteiger partial charge is 0.294 e. The summed E-state index contributed by atoms with van der Waals surface area (Å²) in [4.78, 5) is 25.7. The highest BCUT2D eigenvalue weighted by atomic mass is 32.2. The maximum absolute atomic E-state index is 12.8. The van der Waals surface area contributed by atoms with Crippen molar-refractivity contribution in [3.05, 3.63) is 47.1 Å². The lowest BCUT2D eigenvalue weighted by Gasteiger charge is -2.05. The molecule has 0 N–H and O–H groups in total. The van der Waals surface area contributed by atoms with Gasteiger partial charge in [-0.1, -0.05) is 11.8 Å². The standard InChI is InChI=1S/C17H16N6OS2/c1-10-6-12(11(2)23(10)17-18-4-5-25-17)14(24)8-26-16-13-7-21-22(3)15(13)19-9-20-16/h4-7,9H,8H2,1-3H3. The zero-order chi connectivity index (χ0) is 18.3. The molecule has 9 heteroatoms. The van der Waals surface area contributed by atoms with E-state index < -0.39 is 0 Å². The number of rotatable bonds is 5. The van der Waals surface area contributed by atoms with Gasteiger partial charge in [0, 0.05) is 35.6 Å². The molecule has 132 valence electrons. The lowest BCUT2D eigenvalue weighted by atomic mass is 10.2. The summed E-state index contributed by atoms with van der Waals surface area (Å²) in [6.07, 6.45) is 5.01. The van der Waals surface area contributed by atoms with Crippen LogP contribution in [0.15, 0.2) is 35.2 Å². The van der Waals surface area contributed by atoms with Crippen molar-refractivity contribution >= 4 is 39.9 Å². The molecular formula is C17H16N6OS2. The van der Waals surface area contributed by atoms with E-state index in [2.05, 4.69) is 20.1 Å². The van der Waals surface area contributed by atoms with Crippen molar-refractivity contribution in [2.24, 2.45) is 7.05 Å². The van der Waals surface area contributed by atoms with Gasteiger partial charge in [0.1, 0.15) is 11.4 Å². The quantitative estimate of drug-likeness (QED) is 0.299. The van der Waals surface area contributed by atoms with E-state index >= 15 is 0 Å². The summed E-state index contributed by atoms with van der Waals surface area (Å²) in [6.45, 7) is 3.94. The van der Waals surface area contributed by atoms with E-state index in [4.69, 9.17) is 0 Å². The number of nitrogens with zero attached hydrogens (tertiary/aromatic N) is 6. The minimum absolute atomic E-state index is 0.0709. The van der Waals surface area contributed by atoms with Gasteiger partial charge in [0.25, 0.3) is 0 Å². The SMILES string of the molecule is Cc1cc(C(=O)CSc2ncnc3c2cnn3C)c(C)n1-c1nccs1. The Morgan fingerprint density at radius 3 is 2.88 bits per heavy atom. The molecule has 4 heterocycles. The number of carbonyl (C=O) groups excluding carboxylic acids is 1. The van der Waals surface area contributed by atoms with Gasteiger partial charge < -0.3 is 0 Å². The first-order chi connectivity index (χ1) is 12.6. The summed E-state index contributed by atoms with van der Waals surface area (Å²) in [5.41, 5.74) is 3.40. The van der Waals surface area contributed by atoms with E-state index in [1.165, 1.54) is 18.1 Å². The van der Waals surface area contributed by atoms with Gasteiger partial charge in [0.05, 0.1) is 17.3 Å². The monoisotopic (exact) mass is 384 g/mol. The zero-order valence-electron chi connectivity index (χ0n) is 14.5. The molecule has 0 atom stereocenters. The van der Waals surface area contributed by atoms with Crippen LogP contribution in [-0.2, 0) is 7.05 Å². The van der Waals surface area contributed by atoms with Crippen LogP contribution in [0.5, 0.6) is 0 Å². The van der Waals surface area contributed by atoms with E-state index in [1.54, 1.807) is 28.4 Å². The summed E-state index contributed by atoms with van der Waals surface area (Å²) in [6, 6.07) is 1.93. The number of hydrogen-bond donors (Lipinski definition) is 0. The van der Waals surface area contributed by atoms with Gasteiger partial charge in [-0.25, -0.2) is 15.0 Å². The number of aromatic nitrogens is 6. The molecule has 0 spiro atoms. The van der Waals surface area contributed by atoms with Crippen LogP contribution in [0.1, 0.15) is 21.7 Å². The van der Waals surface area contributed by atoms with E-state index in [9.17, 15) is 4.79 Å². The Labute approximate surface area is 158 Å². The lowest BCUT2D eigenvalue weighted by Crippen LogP contribution is -2.05. The fourth-order valence-electron chi connectivity index (χ4n) is 2.93. The second-order valence-corrected chi connectivity index (χ2v) is 7.67. The topological polar surface area (TPSA) is 78.5 Å². The first-order valence-corrected chi connectivity index (χ1v) is 9.80. The number of thiazole rings is 1. The number of hydrogen-bond acceptors (Lipinski definition) is 7. The third kappa shape index (κ3) is 2.82. The van der Waals surface area contributed by atoms with Gasteiger partial charge in [0.2, 0.25) is 0 Å². The first kappa shape index (κ1) is 16.9. The lowest BCUT2D eigenvalue weighted by molar-refractivity contribution is 0.102. The Morgan fingerprint density at radius 2 is 2.12 bits per heavy atom. The van der Waals surface area contributed by atoms with Crippen molar-refractivity contribution in [2.45, 2.75) is 18.9 Å². The third-order valence-corrected chi connectivity index (χ3v) is 5.94. The Kier molecular flexibility index (Phi) is 4.33.